The first kappa shape index (κ1) is 12.6. The highest BCUT2D eigenvalue weighted by Crippen LogP contribution is 2.37. The number of benzene rings is 1. The topological polar surface area (TPSA) is 58.2 Å². The molecule has 1 aromatic rings. The fraction of sp³-hybridized carbons (Fsp3) is 0.429. The number of rotatable bonds is 4. The van der Waals surface area contributed by atoms with Gasteiger partial charge in [0.05, 0.1) is 0 Å². The van der Waals surface area contributed by atoms with E-state index in [1.54, 1.807) is 24.3 Å². The van der Waals surface area contributed by atoms with E-state index < -0.39 is 0 Å². The van der Waals surface area contributed by atoms with Gasteiger partial charge in [0.2, 0.25) is 11.8 Å². The van der Waals surface area contributed by atoms with Crippen LogP contribution in [0.1, 0.15) is 26.7 Å². The molecule has 1 aliphatic rings. The molecule has 4 heteroatoms. The summed E-state index contributed by atoms with van der Waals surface area (Å²) in [5.74, 6) is 0.614. The highest BCUT2D eigenvalue weighted by molar-refractivity contribution is 5.93. The van der Waals surface area contributed by atoms with E-state index in [9.17, 15) is 9.59 Å². The largest absolute Gasteiger partial charge is 0.326 e. The first-order chi connectivity index (χ1) is 8.56. The van der Waals surface area contributed by atoms with Gasteiger partial charge >= 0.3 is 0 Å². The fourth-order valence-corrected chi connectivity index (χ4v) is 1.91. The molecule has 0 aromatic heterocycles. The van der Waals surface area contributed by atoms with Gasteiger partial charge in [-0.15, -0.1) is 0 Å². The van der Waals surface area contributed by atoms with Gasteiger partial charge in [-0.3, -0.25) is 9.59 Å². The van der Waals surface area contributed by atoms with Crippen LogP contribution in [0.25, 0.3) is 0 Å². The Morgan fingerprint density at radius 3 is 2.06 bits per heavy atom. The Balaban J connectivity index is 1.93. The van der Waals surface area contributed by atoms with Crippen LogP contribution >= 0.6 is 0 Å². The van der Waals surface area contributed by atoms with E-state index in [-0.39, 0.29) is 17.7 Å². The Kier molecular flexibility index (Phi) is 3.65. The first-order valence-electron chi connectivity index (χ1n) is 6.25. The summed E-state index contributed by atoms with van der Waals surface area (Å²) < 4.78 is 0. The molecule has 0 heterocycles. The van der Waals surface area contributed by atoms with Gasteiger partial charge in [0.15, 0.2) is 0 Å². The van der Waals surface area contributed by atoms with Gasteiger partial charge in [-0.1, -0.05) is 6.92 Å². The molecular formula is C14H18N2O2. The summed E-state index contributed by atoms with van der Waals surface area (Å²) in [6, 6.07) is 7.14. The van der Waals surface area contributed by atoms with Crippen molar-refractivity contribution in [3.8, 4) is 0 Å². The second kappa shape index (κ2) is 5.21. The third-order valence-corrected chi connectivity index (χ3v) is 3.22. The molecule has 2 rings (SSSR count). The number of carbonyl (C=O) groups excluding carboxylic acids is 2. The third-order valence-electron chi connectivity index (χ3n) is 3.22. The van der Waals surface area contributed by atoms with Gasteiger partial charge in [-0.25, -0.2) is 0 Å². The van der Waals surface area contributed by atoms with Crippen molar-refractivity contribution in [3.05, 3.63) is 24.3 Å². The lowest BCUT2D eigenvalue weighted by molar-refractivity contribution is -0.120. The van der Waals surface area contributed by atoms with Crippen LogP contribution in [0.4, 0.5) is 11.4 Å². The Labute approximate surface area is 107 Å². The highest BCUT2D eigenvalue weighted by Gasteiger charge is 2.32. The van der Waals surface area contributed by atoms with Crippen LogP contribution < -0.4 is 10.6 Å². The monoisotopic (exact) mass is 246 g/mol. The average Bonchev–Trinajstić information content (AvgIpc) is 3.14. The van der Waals surface area contributed by atoms with Gasteiger partial charge in [-0.05, 0) is 43.0 Å². The van der Waals surface area contributed by atoms with E-state index in [2.05, 4.69) is 10.6 Å². The molecule has 2 N–H and O–H groups in total. The summed E-state index contributed by atoms with van der Waals surface area (Å²) in [7, 11) is 0. The Morgan fingerprint density at radius 1 is 1.11 bits per heavy atom. The number of amides is 2. The van der Waals surface area contributed by atoms with Crippen molar-refractivity contribution in [2.24, 2.45) is 11.8 Å². The standard InChI is InChI=1S/C14H18N2O2/c1-9(11-3-4-11)14(18)16-13-7-5-12(6-8-13)15-10(2)17/h5-9,11H,3-4H2,1-2H3,(H,15,17)(H,16,18). The van der Waals surface area contributed by atoms with E-state index in [0.29, 0.717) is 5.92 Å². The molecule has 1 aliphatic carbocycles. The van der Waals surface area contributed by atoms with Crippen LogP contribution in [0.2, 0.25) is 0 Å². The van der Waals surface area contributed by atoms with Crippen molar-refractivity contribution in [2.45, 2.75) is 26.7 Å². The van der Waals surface area contributed by atoms with E-state index in [0.717, 1.165) is 24.2 Å². The maximum absolute atomic E-state index is 11.9. The van der Waals surface area contributed by atoms with Crippen molar-refractivity contribution >= 4 is 23.2 Å². The first-order valence-corrected chi connectivity index (χ1v) is 6.25. The number of anilines is 2. The predicted molar refractivity (Wildman–Crippen MR) is 71.3 cm³/mol. The van der Waals surface area contributed by atoms with Gasteiger partial charge in [0.1, 0.15) is 0 Å². The van der Waals surface area contributed by atoms with Gasteiger partial charge < -0.3 is 10.6 Å². The molecule has 4 nitrogen and oxygen atoms in total. The minimum absolute atomic E-state index is 0.0739. The average molecular weight is 246 g/mol. The fourth-order valence-electron chi connectivity index (χ4n) is 1.91. The Bertz CT molecular complexity index is 449. The summed E-state index contributed by atoms with van der Waals surface area (Å²) in [4.78, 5) is 22.7. The van der Waals surface area contributed by atoms with Crippen LogP contribution in [0.5, 0.6) is 0 Å². The SMILES string of the molecule is CC(=O)Nc1ccc(NC(=O)C(C)C2CC2)cc1. The zero-order chi connectivity index (χ0) is 13.1. The second-order valence-electron chi connectivity index (χ2n) is 4.87. The summed E-state index contributed by atoms with van der Waals surface area (Å²) in [5, 5.41) is 5.58. The molecular weight excluding hydrogens is 228 g/mol. The molecule has 1 unspecified atom stereocenters. The maximum atomic E-state index is 11.9. The predicted octanol–water partition coefficient (Wildman–Crippen LogP) is 2.63. The lowest BCUT2D eigenvalue weighted by atomic mass is 10.1. The van der Waals surface area contributed by atoms with E-state index in [1.807, 2.05) is 6.92 Å². The number of carbonyl (C=O) groups is 2. The van der Waals surface area contributed by atoms with Crippen molar-refractivity contribution < 1.29 is 9.59 Å². The molecule has 1 fully saturated rings. The molecule has 1 aromatic carbocycles. The molecule has 0 saturated heterocycles. The third kappa shape index (κ3) is 3.32. The molecule has 0 spiro atoms. The zero-order valence-electron chi connectivity index (χ0n) is 10.7. The van der Waals surface area contributed by atoms with Gasteiger partial charge in [0.25, 0.3) is 0 Å². The van der Waals surface area contributed by atoms with Gasteiger partial charge in [-0.2, -0.15) is 0 Å². The lowest BCUT2D eigenvalue weighted by Crippen LogP contribution is -2.21. The molecule has 0 aliphatic heterocycles. The summed E-state index contributed by atoms with van der Waals surface area (Å²) in [6.45, 7) is 3.44. The minimum atomic E-state index is -0.103. The zero-order valence-corrected chi connectivity index (χ0v) is 10.7. The van der Waals surface area contributed by atoms with Crippen LogP contribution in [0.15, 0.2) is 24.3 Å². The Morgan fingerprint density at radius 2 is 1.61 bits per heavy atom. The molecule has 1 atom stereocenters. The van der Waals surface area contributed by atoms with Crippen molar-refractivity contribution in [1.82, 2.24) is 0 Å². The lowest BCUT2D eigenvalue weighted by Gasteiger charge is -2.11. The molecule has 0 radical (unpaired) electrons. The second-order valence-corrected chi connectivity index (χ2v) is 4.87. The Hall–Kier alpha value is -1.84. The summed E-state index contributed by atoms with van der Waals surface area (Å²) in [6.07, 6.45) is 2.33. The van der Waals surface area contributed by atoms with E-state index in [4.69, 9.17) is 0 Å². The van der Waals surface area contributed by atoms with Crippen molar-refractivity contribution in [1.29, 1.82) is 0 Å². The van der Waals surface area contributed by atoms with Crippen LogP contribution in [-0.4, -0.2) is 11.8 Å². The molecule has 1 saturated carbocycles. The quantitative estimate of drug-likeness (QED) is 0.858. The minimum Gasteiger partial charge on any atom is -0.326 e. The number of hydrogen-bond donors (Lipinski definition) is 2. The smallest absolute Gasteiger partial charge is 0.227 e. The van der Waals surface area contributed by atoms with Crippen molar-refractivity contribution in [3.63, 3.8) is 0 Å². The maximum Gasteiger partial charge on any atom is 0.227 e. The van der Waals surface area contributed by atoms with Crippen molar-refractivity contribution in [2.75, 3.05) is 10.6 Å². The molecule has 18 heavy (non-hydrogen) atoms. The normalized spacial score (nSPS) is 15.9. The van der Waals surface area contributed by atoms with Crippen LogP contribution in [0.3, 0.4) is 0 Å². The van der Waals surface area contributed by atoms with Crippen LogP contribution in [-0.2, 0) is 9.59 Å². The number of nitrogens with one attached hydrogen (secondary N) is 2. The molecule has 0 bridgehead atoms. The number of hydrogen-bond acceptors (Lipinski definition) is 2. The van der Waals surface area contributed by atoms with E-state index >= 15 is 0 Å². The molecule has 96 valence electrons. The van der Waals surface area contributed by atoms with Crippen LogP contribution in [0, 0.1) is 11.8 Å². The van der Waals surface area contributed by atoms with Gasteiger partial charge in [0, 0.05) is 24.2 Å². The molecule has 2 amide bonds. The van der Waals surface area contributed by atoms with E-state index in [1.165, 1.54) is 6.92 Å². The highest BCUT2D eigenvalue weighted by atomic mass is 16.2. The summed E-state index contributed by atoms with van der Waals surface area (Å²) >= 11 is 0. The summed E-state index contributed by atoms with van der Waals surface area (Å²) in [5.41, 5.74) is 1.50.